The molecule has 84 valence electrons. The van der Waals surface area contributed by atoms with Crippen molar-refractivity contribution in [1.82, 2.24) is 4.90 Å². The summed E-state index contributed by atoms with van der Waals surface area (Å²) in [6.07, 6.45) is -4.26. The fourth-order valence-corrected chi connectivity index (χ4v) is 1.69. The average Bonchev–Trinajstić information content (AvgIpc) is 2.02. The lowest BCUT2D eigenvalue weighted by Crippen LogP contribution is -2.57. The van der Waals surface area contributed by atoms with Crippen molar-refractivity contribution in [3.8, 4) is 0 Å². The summed E-state index contributed by atoms with van der Waals surface area (Å²) in [5, 5.41) is 0. The Morgan fingerprint density at radius 1 is 1.29 bits per heavy atom. The number of rotatable bonds is 2. The maximum absolute atomic E-state index is 12.6. The summed E-state index contributed by atoms with van der Waals surface area (Å²) in [6, 6.07) is -2.46. The third kappa shape index (κ3) is 2.83. The number of alkyl halides is 3. The molecule has 2 atom stereocenters. The van der Waals surface area contributed by atoms with E-state index in [4.69, 9.17) is 10.5 Å². The Bertz CT molecular complexity index is 178. The van der Waals surface area contributed by atoms with Crippen LogP contribution in [0.3, 0.4) is 0 Å². The second-order valence-corrected chi connectivity index (χ2v) is 3.49. The molecular weight excluding hydrogens is 197 g/mol. The van der Waals surface area contributed by atoms with Gasteiger partial charge in [-0.2, -0.15) is 13.2 Å². The van der Waals surface area contributed by atoms with Gasteiger partial charge in [-0.15, -0.1) is 0 Å². The number of morpholine rings is 1. The van der Waals surface area contributed by atoms with Gasteiger partial charge in [0.05, 0.1) is 13.2 Å². The van der Waals surface area contributed by atoms with Crippen molar-refractivity contribution in [3.63, 3.8) is 0 Å². The van der Waals surface area contributed by atoms with Gasteiger partial charge in [-0.3, -0.25) is 4.90 Å². The zero-order valence-corrected chi connectivity index (χ0v) is 8.05. The molecule has 0 saturated carbocycles. The van der Waals surface area contributed by atoms with Gasteiger partial charge in [0.25, 0.3) is 0 Å². The molecule has 0 radical (unpaired) electrons. The first-order valence-corrected chi connectivity index (χ1v) is 4.57. The van der Waals surface area contributed by atoms with E-state index in [0.717, 1.165) is 0 Å². The molecule has 3 nitrogen and oxygen atoms in total. The molecule has 0 aliphatic carbocycles. The summed E-state index contributed by atoms with van der Waals surface area (Å²) >= 11 is 0. The molecule has 0 bridgehead atoms. The summed E-state index contributed by atoms with van der Waals surface area (Å²) in [6.45, 7) is 2.67. The van der Waals surface area contributed by atoms with Crippen LogP contribution in [0.15, 0.2) is 0 Å². The van der Waals surface area contributed by atoms with Crippen LogP contribution in [0, 0.1) is 0 Å². The van der Waals surface area contributed by atoms with Crippen molar-refractivity contribution in [2.45, 2.75) is 25.2 Å². The van der Waals surface area contributed by atoms with Gasteiger partial charge in [-0.05, 0) is 6.92 Å². The smallest absolute Gasteiger partial charge is 0.379 e. The van der Waals surface area contributed by atoms with Crippen molar-refractivity contribution in [2.75, 3.05) is 26.3 Å². The molecule has 1 rings (SSSR count). The molecule has 0 amide bonds. The normalized spacial score (nSPS) is 24.6. The molecule has 1 heterocycles. The maximum Gasteiger partial charge on any atom is 0.405 e. The Morgan fingerprint density at radius 2 is 1.79 bits per heavy atom. The molecule has 14 heavy (non-hydrogen) atoms. The Labute approximate surface area is 81.0 Å². The minimum absolute atomic E-state index is 0.297. The Hall–Kier alpha value is -0.330. The summed E-state index contributed by atoms with van der Waals surface area (Å²) in [5.41, 5.74) is 5.35. The third-order valence-corrected chi connectivity index (χ3v) is 2.27. The van der Waals surface area contributed by atoms with E-state index in [9.17, 15) is 13.2 Å². The lowest BCUT2D eigenvalue weighted by molar-refractivity contribution is -0.196. The molecule has 2 unspecified atom stereocenters. The summed E-state index contributed by atoms with van der Waals surface area (Å²) in [5.74, 6) is 0. The zero-order chi connectivity index (χ0) is 10.8. The van der Waals surface area contributed by atoms with Crippen molar-refractivity contribution in [2.24, 2.45) is 5.73 Å². The second kappa shape index (κ2) is 4.46. The van der Waals surface area contributed by atoms with Gasteiger partial charge in [-0.1, -0.05) is 0 Å². The van der Waals surface area contributed by atoms with Crippen LogP contribution in [0.1, 0.15) is 6.92 Å². The van der Waals surface area contributed by atoms with E-state index in [1.807, 2.05) is 0 Å². The predicted octanol–water partition coefficient (Wildman–Crippen LogP) is 0.597. The van der Waals surface area contributed by atoms with Gasteiger partial charge in [0.15, 0.2) is 0 Å². The van der Waals surface area contributed by atoms with Crippen molar-refractivity contribution in [3.05, 3.63) is 0 Å². The monoisotopic (exact) mass is 212 g/mol. The van der Waals surface area contributed by atoms with Gasteiger partial charge < -0.3 is 10.5 Å². The van der Waals surface area contributed by atoms with Crippen LogP contribution in [-0.4, -0.2) is 49.5 Å². The van der Waals surface area contributed by atoms with Crippen molar-refractivity contribution >= 4 is 0 Å². The first-order valence-electron chi connectivity index (χ1n) is 4.57. The number of nitrogens with zero attached hydrogens (tertiary/aromatic N) is 1. The molecule has 6 heteroatoms. The van der Waals surface area contributed by atoms with Crippen LogP contribution < -0.4 is 5.73 Å². The highest BCUT2D eigenvalue weighted by Gasteiger charge is 2.45. The lowest BCUT2D eigenvalue weighted by Gasteiger charge is -2.37. The molecule has 1 fully saturated rings. The van der Waals surface area contributed by atoms with Crippen LogP contribution in [0.2, 0.25) is 0 Å². The third-order valence-electron chi connectivity index (χ3n) is 2.27. The summed E-state index contributed by atoms with van der Waals surface area (Å²) in [4.78, 5) is 1.34. The second-order valence-electron chi connectivity index (χ2n) is 3.49. The quantitative estimate of drug-likeness (QED) is 0.728. The molecule has 0 aromatic carbocycles. The van der Waals surface area contributed by atoms with Gasteiger partial charge in [-0.25, -0.2) is 0 Å². The molecule has 2 N–H and O–H groups in total. The standard InChI is InChI=1S/C8H15F3N2O/c1-6(12)7(8(9,10)11)13-2-4-14-5-3-13/h6-7H,2-5,12H2,1H3. The number of hydrogen-bond donors (Lipinski definition) is 1. The number of halogens is 3. The Balaban J connectivity index is 2.66. The average molecular weight is 212 g/mol. The number of hydrogen-bond acceptors (Lipinski definition) is 3. The SMILES string of the molecule is CC(N)C(N1CCOCC1)C(F)(F)F. The van der Waals surface area contributed by atoms with E-state index in [-0.39, 0.29) is 0 Å². The highest BCUT2D eigenvalue weighted by molar-refractivity contribution is 4.86. The molecule has 1 saturated heterocycles. The fourth-order valence-electron chi connectivity index (χ4n) is 1.69. The van der Waals surface area contributed by atoms with E-state index in [2.05, 4.69) is 0 Å². The van der Waals surface area contributed by atoms with Crippen LogP contribution in [0.25, 0.3) is 0 Å². The highest BCUT2D eigenvalue weighted by Crippen LogP contribution is 2.27. The Morgan fingerprint density at radius 3 is 2.14 bits per heavy atom. The molecule has 0 aromatic heterocycles. The van der Waals surface area contributed by atoms with Crippen LogP contribution in [-0.2, 0) is 4.74 Å². The Kier molecular flexibility index (Phi) is 3.74. The van der Waals surface area contributed by atoms with Gasteiger partial charge in [0.1, 0.15) is 6.04 Å². The zero-order valence-electron chi connectivity index (χ0n) is 8.05. The number of nitrogens with two attached hydrogens (primary N) is 1. The van der Waals surface area contributed by atoms with E-state index in [1.54, 1.807) is 0 Å². The van der Waals surface area contributed by atoms with Crippen LogP contribution >= 0.6 is 0 Å². The topological polar surface area (TPSA) is 38.5 Å². The van der Waals surface area contributed by atoms with Gasteiger partial charge in [0.2, 0.25) is 0 Å². The molecule has 1 aliphatic rings. The minimum Gasteiger partial charge on any atom is -0.379 e. The highest BCUT2D eigenvalue weighted by atomic mass is 19.4. The largest absolute Gasteiger partial charge is 0.405 e. The molecular formula is C8H15F3N2O. The molecule has 0 spiro atoms. The number of ether oxygens (including phenoxy) is 1. The summed E-state index contributed by atoms with van der Waals surface area (Å²) < 4.78 is 42.8. The van der Waals surface area contributed by atoms with E-state index < -0.39 is 18.3 Å². The van der Waals surface area contributed by atoms with E-state index >= 15 is 0 Å². The molecule has 0 aromatic rings. The van der Waals surface area contributed by atoms with Crippen molar-refractivity contribution < 1.29 is 17.9 Å². The predicted molar refractivity (Wildman–Crippen MR) is 45.9 cm³/mol. The van der Waals surface area contributed by atoms with E-state index in [0.29, 0.717) is 26.3 Å². The minimum atomic E-state index is -4.26. The first-order chi connectivity index (χ1) is 6.43. The van der Waals surface area contributed by atoms with Gasteiger partial charge in [0, 0.05) is 19.1 Å². The first kappa shape index (κ1) is 11.7. The van der Waals surface area contributed by atoms with E-state index in [1.165, 1.54) is 11.8 Å². The molecule has 1 aliphatic heterocycles. The lowest BCUT2D eigenvalue weighted by atomic mass is 10.1. The summed E-state index contributed by atoms with van der Waals surface area (Å²) in [7, 11) is 0. The van der Waals surface area contributed by atoms with Crippen LogP contribution in [0.5, 0.6) is 0 Å². The van der Waals surface area contributed by atoms with Crippen LogP contribution in [0.4, 0.5) is 13.2 Å². The maximum atomic E-state index is 12.6. The fraction of sp³-hybridized carbons (Fsp3) is 1.00. The van der Waals surface area contributed by atoms with Crippen molar-refractivity contribution in [1.29, 1.82) is 0 Å². The van der Waals surface area contributed by atoms with Gasteiger partial charge >= 0.3 is 6.18 Å².